The molecule has 1 aliphatic rings. The van der Waals surface area contributed by atoms with Gasteiger partial charge >= 0.3 is 0 Å². The van der Waals surface area contributed by atoms with Gasteiger partial charge < -0.3 is 19.9 Å². The fourth-order valence-electron chi connectivity index (χ4n) is 3.48. The highest BCUT2D eigenvalue weighted by Gasteiger charge is 2.35. The van der Waals surface area contributed by atoms with Gasteiger partial charge in [-0.25, -0.2) is 0 Å². The topological polar surface area (TPSA) is 74.4 Å². The Hall–Kier alpha value is -2.80. The second-order valence-electron chi connectivity index (χ2n) is 6.85. The quantitative estimate of drug-likeness (QED) is 0.634. The number of aromatic amines is 1. The van der Waals surface area contributed by atoms with Gasteiger partial charge in [0.15, 0.2) is 0 Å². The normalized spacial score (nSPS) is 16.6. The number of aromatic nitrogens is 1. The van der Waals surface area contributed by atoms with Crippen molar-refractivity contribution >= 4 is 44.3 Å². The minimum Gasteiger partial charge on any atom is -0.497 e. The van der Waals surface area contributed by atoms with Gasteiger partial charge in [-0.1, -0.05) is 15.9 Å². The molecule has 0 radical (unpaired) electrons. The lowest BCUT2D eigenvalue weighted by atomic mass is 10.1. The Kier molecular flexibility index (Phi) is 5.09. The molecule has 0 spiro atoms. The summed E-state index contributed by atoms with van der Waals surface area (Å²) in [5.41, 5.74) is 2.73. The van der Waals surface area contributed by atoms with E-state index in [9.17, 15) is 9.59 Å². The number of methoxy groups -OCH3 is 1. The number of amides is 2. The first-order valence-electron chi connectivity index (χ1n) is 9.03. The van der Waals surface area contributed by atoms with Gasteiger partial charge in [-0.15, -0.1) is 0 Å². The molecule has 0 aliphatic carbocycles. The van der Waals surface area contributed by atoms with Crippen molar-refractivity contribution < 1.29 is 14.3 Å². The Bertz CT molecular complexity index is 1030. The fraction of sp³-hybridized carbons (Fsp3) is 0.238. The lowest BCUT2D eigenvalue weighted by Gasteiger charge is -2.17. The number of rotatable bonds is 5. The van der Waals surface area contributed by atoms with E-state index >= 15 is 0 Å². The van der Waals surface area contributed by atoms with Crippen LogP contribution in [0.25, 0.3) is 10.9 Å². The average molecular weight is 442 g/mol. The Morgan fingerprint density at radius 3 is 2.79 bits per heavy atom. The maximum atomic E-state index is 12.6. The van der Waals surface area contributed by atoms with Crippen LogP contribution in [0.4, 0.5) is 5.69 Å². The third-order valence-electron chi connectivity index (χ3n) is 4.97. The molecule has 144 valence electrons. The monoisotopic (exact) mass is 441 g/mol. The molecule has 3 aromatic rings. The van der Waals surface area contributed by atoms with Crippen LogP contribution in [0.15, 0.2) is 53.0 Å². The summed E-state index contributed by atoms with van der Waals surface area (Å²) in [6, 6.07) is 15.3. The number of benzene rings is 2. The molecule has 1 atom stereocenters. The number of fused-ring (bicyclic) bond motifs is 1. The number of nitrogens with one attached hydrogen (secondary N) is 2. The predicted octanol–water partition coefficient (Wildman–Crippen LogP) is 3.61. The Labute approximate surface area is 171 Å². The Balaban J connectivity index is 1.38. The highest BCUT2D eigenvalue weighted by molar-refractivity contribution is 9.10. The number of ether oxygens (including phenoxy) is 1. The van der Waals surface area contributed by atoms with Crippen molar-refractivity contribution in [3.8, 4) is 5.75 Å². The molecule has 2 heterocycles. The van der Waals surface area contributed by atoms with Crippen LogP contribution in [0, 0.1) is 5.92 Å². The summed E-state index contributed by atoms with van der Waals surface area (Å²) >= 11 is 3.46. The number of H-pyrrole nitrogens is 1. The first kappa shape index (κ1) is 18.6. The van der Waals surface area contributed by atoms with Gasteiger partial charge in [0.2, 0.25) is 11.8 Å². The standard InChI is InChI=1S/C21H20BrN3O3/c1-28-18-5-3-17(4-6-18)25-12-14(10-20(25)26)21(27)23-11-16-9-13-8-15(22)2-7-19(13)24-16/h2-9,14,24H,10-12H2,1H3,(H,23,27). The van der Waals surface area contributed by atoms with E-state index in [1.807, 2.05) is 48.5 Å². The zero-order valence-electron chi connectivity index (χ0n) is 15.4. The van der Waals surface area contributed by atoms with E-state index in [0.717, 1.165) is 32.5 Å². The van der Waals surface area contributed by atoms with Crippen molar-refractivity contribution in [3.63, 3.8) is 0 Å². The van der Waals surface area contributed by atoms with Gasteiger partial charge in [0, 0.05) is 39.7 Å². The third kappa shape index (κ3) is 3.75. The summed E-state index contributed by atoms with van der Waals surface area (Å²) in [5, 5.41) is 4.03. The van der Waals surface area contributed by atoms with Crippen LogP contribution >= 0.6 is 15.9 Å². The van der Waals surface area contributed by atoms with Crippen molar-refractivity contribution in [2.75, 3.05) is 18.6 Å². The van der Waals surface area contributed by atoms with Crippen molar-refractivity contribution in [1.29, 1.82) is 0 Å². The summed E-state index contributed by atoms with van der Waals surface area (Å²) in [7, 11) is 1.60. The van der Waals surface area contributed by atoms with E-state index in [4.69, 9.17) is 4.74 Å². The average Bonchev–Trinajstić information content (AvgIpc) is 3.29. The van der Waals surface area contributed by atoms with Crippen LogP contribution in [-0.2, 0) is 16.1 Å². The predicted molar refractivity (Wildman–Crippen MR) is 111 cm³/mol. The van der Waals surface area contributed by atoms with Crippen LogP contribution < -0.4 is 15.0 Å². The Morgan fingerprint density at radius 2 is 2.04 bits per heavy atom. The maximum absolute atomic E-state index is 12.6. The zero-order chi connectivity index (χ0) is 19.7. The summed E-state index contributed by atoms with van der Waals surface area (Å²) in [6.07, 6.45) is 0.220. The van der Waals surface area contributed by atoms with Crippen LogP contribution in [0.5, 0.6) is 5.75 Å². The van der Waals surface area contributed by atoms with Gasteiger partial charge in [0.1, 0.15) is 5.75 Å². The molecule has 1 unspecified atom stereocenters. The van der Waals surface area contributed by atoms with Gasteiger partial charge in [-0.3, -0.25) is 9.59 Å². The Morgan fingerprint density at radius 1 is 1.25 bits per heavy atom. The number of anilines is 1. The lowest BCUT2D eigenvalue weighted by Crippen LogP contribution is -2.32. The molecule has 1 aliphatic heterocycles. The van der Waals surface area contributed by atoms with E-state index in [1.54, 1.807) is 12.0 Å². The second-order valence-corrected chi connectivity index (χ2v) is 7.76. The summed E-state index contributed by atoms with van der Waals surface area (Å²) < 4.78 is 6.16. The molecule has 2 amide bonds. The van der Waals surface area contributed by atoms with E-state index < -0.39 is 0 Å². The molecular formula is C21H20BrN3O3. The van der Waals surface area contributed by atoms with Crippen LogP contribution in [0.3, 0.4) is 0 Å². The zero-order valence-corrected chi connectivity index (χ0v) is 17.0. The SMILES string of the molecule is COc1ccc(N2CC(C(=O)NCc3cc4cc(Br)ccc4[nH]3)CC2=O)cc1. The van der Waals surface area contributed by atoms with Gasteiger partial charge in [-0.2, -0.15) is 0 Å². The lowest BCUT2D eigenvalue weighted by molar-refractivity contribution is -0.126. The summed E-state index contributed by atoms with van der Waals surface area (Å²) in [6.45, 7) is 0.787. The summed E-state index contributed by atoms with van der Waals surface area (Å²) in [5.74, 6) is 0.230. The smallest absolute Gasteiger partial charge is 0.227 e. The van der Waals surface area contributed by atoms with Crippen molar-refractivity contribution in [2.45, 2.75) is 13.0 Å². The number of carbonyl (C=O) groups excluding carboxylic acids is 2. The molecule has 2 aromatic carbocycles. The number of carbonyl (C=O) groups is 2. The number of halogens is 1. The molecule has 1 fully saturated rings. The van der Waals surface area contributed by atoms with E-state index in [0.29, 0.717) is 13.1 Å². The first-order valence-corrected chi connectivity index (χ1v) is 9.82. The molecular weight excluding hydrogens is 422 g/mol. The minimum absolute atomic E-state index is 0.0409. The second kappa shape index (κ2) is 7.67. The maximum Gasteiger partial charge on any atom is 0.227 e. The van der Waals surface area contributed by atoms with Gasteiger partial charge in [0.05, 0.1) is 19.6 Å². The highest BCUT2D eigenvalue weighted by Crippen LogP contribution is 2.27. The van der Waals surface area contributed by atoms with E-state index in [2.05, 4.69) is 26.2 Å². The van der Waals surface area contributed by atoms with Gasteiger partial charge in [0.25, 0.3) is 0 Å². The molecule has 0 saturated carbocycles. The molecule has 2 N–H and O–H groups in total. The molecule has 7 heteroatoms. The minimum atomic E-state index is -0.354. The summed E-state index contributed by atoms with van der Waals surface area (Å²) in [4.78, 5) is 29.9. The molecule has 0 bridgehead atoms. The van der Waals surface area contributed by atoms with Crippen molar-refractivity contribution in [3.05, 3.63) is 58.7 Å². The number of hydrogen-bond donors (Lipinski definition) is 2. The van der Waals surface area contributed by atoms with Crippen LogP contribution in [0.2, 0.25) is 0 Å². The largest absolute Gasteiger partial charge is 0.497 e. The first-order chi connectivity index (χ1) is 13.5. The van der Waals surface area contributed by atoms with Crippen LogP contribution in [0.1, 0.15) is 12.1 Å². The van der Waals surface area contributed by atoms with Gasteiger partial charge in [-0.05, 0) is 48.5 Å². The molecule has 28 heavy (non-hydrogen) atoms. The number of hydrogen-bond acceptors (Lipinski definition) is 3. The third-order valence-corrected chi connectivity index (χ3v) is 5.46. The van der Waals surface area contributed by atoms with Crippen LogP contribution in [-0.4, -0.2) is 30.5 Å². The molecule has 6 nitrogen and oxygen atoms in total. The number of nitrogens with zero attached hydrogens (tertiary/aromatic N) is 1. The van der Waals surface area contributed by atoms with Crippen molar-refractivity contribution in [2.24, 2.45) is 5.92 Å². The fourth-order valence-corrected chi connectivity index (χ4v) is 3.86. The van der Waals surface area contributed by atoms with E-state index in [-0.39, 0.29) is 24.2 Å². The highest BCUT2D eigenvalue weighted by atomic mass is 79.9. The van der Waals surface area contributed by atoms with Crippen molar-refractivity contribution in [1.82, 2.24) is 10.3 Å². The molecule has 1 saturated heterocycles. The molecule has 4 rings (SSSR count). The van der Waals surface area contributed by atoms with E-state index in [1.165, 1.54) is 0 Å². The molecule has 1 aromatic heterocycles.